The SMILES string of the molecule is Nc1c(S)cccc1CCCOCC1CO1. The van der Waals surface area contributed by atoms with Gasteiger partial charge in [-0.15, -0.1) is 12.6 Å². The van der Waals surface area contributed by atoms with E-state index in [0.717, 1.165) is 48.8 Å². The van der Waals surface area contributed by atoms with Crippen LogP contribution in [0.15, 0.2) is 23.1 Å². The van der Waals surface area contributed by atoms with E-state index >= 15 is 0 Å². The molecule has 2 rings (SSSR count). The molecule has 1 saturated heterocycles. The highest BCUT2D eigenvalue weighted by Gasteiger charge is 2.21. The van der Waals surface area contributed by atoms with Crippen molar-refractivity contribution < 1.29 is 9.47 Å². The van der Waals surface area contributed by atoms with E-state index in [-0.39, 0.29) is 0 Å². The number of rotatable bonds is 6. The lowest BCUT2D eigenvalue weighted by Crippen LogP contribution is -2.04. The van der Waals surface area contributed by atoms with Crippen molar-refractivity contribution in [1.29, 1.82) is 0 Å². The standard InChI is InChI=1S/C12H17NO2S/c13-12-9(3-1-5-11(12)16)4-2-6-14-7-10-8-15-10/h1,3,5,10,16H,2,4,6-8,13H2. The van der Waals surface area contributed by atoms with E-state index in [9.17, 15) is 0 Å². The molecular weight excluding hydrogens is 222 g/mol. The Bertz CT molecular complexity index is 353. The highest BCUT2D eigenvalue weighted by atomic mass is 32.1. The van der Waals surface area contributed by atoms with Crippen LogP contribution in [0.2, 0.25) is 0 Å². The molecule has 4 heteroatoms. The molecule has 16 heavy (non-hydrogen) atoms. The van der Waals surface area contributed by atoms with Gasteiger partial charge in [-0.1, -0.05) is 12.1 Å². The van der Waals surface area contributed by atoms with Crippen LogP contribution in [0.5, 0.6) is 0 Å². The fourth-order valence-corrected chi connectivity index (χ4v) is 1.79. The topological polar surface area (TPSA) is 47.8 Å². The molecule has 2 N–H and O–H groups in total. The summed E-state index contributed by atoms with van der Waals surface area (Å²) in [5.41, 5.74) is 7.86. The fourth-order valence-electron chi connectivity index (χ4n) is 1.56. The number of ether oxygens (including phenoxy) is 2. The Morgan fingerprint density at radius 2 is 2.31 bits per heavy atom. The second-order valence-electron chi connectivity index (χ2n) is 3.98. The Labute approximate surface area is 101 Å². The Hall–Kier alpha value is -0.710. The maximum Gasteiger partial charge on any atom is 0.104 e. The third-order valence-corrected chi connectivity index (χ3v) is 3.00. The number of epoxide rings is 1. The van der Waals surface area contributed by atoms with Gasteiger partial charge >= 0.3 is 0 Å². The van der Waals surface area contributed by atoms with E-state index in [4.69, 9.17) is 15.2 Å². The minimum atomic E-state index is 0.353. The normalized spacial score (nSPS) is 18.7. The summed E-state index contributed by atoms with van der Waals surface area (Å²) in [7, 11) is 0. The Balaban J connectivity index is 1.69. The molecule has 1 aliphatic heterocycles. The summed E-state index contributed by atoms with van der Waals surface area (Å²) in [6, 6.07) is 5.93. The van der Waals surface area contributed by atoms with E-state index in [1.165, 1.54) is 0 Å². The lowest BCUT2D eigenvalue weighted by Gasteiger charge is -2.07. The summed E-state index contributed by atoms with van der Waals surface area (Å²) in [6.07, 6.45) is 2.27. The van der Waals surface area contributed by atoms with Crippen molar-refractivity contribution in [1.82, 2.24) is 0 Å². The smallest absolute Gasteiger partial charge is 0.104 e. The van der Waals surface area contributed by atoms with Gasteiger partial charge in [-0.3, -0.25) is 0 Å². The zero-order valence-electron chi connectivity index (χ0n) is 9.19. The van der Waals surface area contributed by atoms with Crippen LogP contribution in [0.3, 0.4) is 0 Å². The van der Waals surface area contributed by atoms with E-state index < -0.39 is 0 Å². The quantitative estimate of drug-likeness (QED) is 0.345. The van der Waals surface area contributed by atoms with Crippen molar-refractivity contribution in [2.45, 2.75) is 23.8 Å². The highest BCUT2D eigenvalue weighted by Crippen LogP contribution is 2.21. The summed E-state index contributed by atoms with van der Waals surface area (Å²) in [4.78, 5) is 0.852. The number of nitrogens with two attached hydrogens (primary N) is 1. The van der Waals surface area contributed by atoms with E-state index in [1.54, 1.807) is 0 Å². The first-order valence-corrected chi connectivity index (χ1v) is 5.98. The molecule has 3 nitrogen and oxygen atoms in total. The number of para-hydroxylation sites is 1. The molecule has 1 aromatic rings. The number of hydrogen-bond acceptors (Lipinski definition) is 4. The largest absolute Gasteiger partial charge is 0.398 e. The molecule has 0 bridgehead atoms. The van der Waals surface area contributed by atoms with Gasteiger partial charge in [0.25, 0.3) is 0 Å². The van der Waals surface area contributed by atoms with Gasteiger partial charge in [0.05, 0.1) is 13.2 Å². The molecule has 1 fully saturated rings. The van der Waals surface area contributed by atoms with Crippen LogP contribution >= 0.6 is 12.6 Å². The van der Waals surface area contributed by atoms with Crippen LogP contribution in [-0.2, 0) is 15.9 Å². The lowest BCUT2D eigenvalue weighted by atomic mass is 10.1. The minimum absolute atomic E-state index is 0.353. The zero-order valence-corrected chi connectivity index (χ0v) is 10.1. The van der Waals surface area contributed by atoms with Gasteiger partial charge in [-0.05, 0) is 24.5 Å². The van der Waals surface area contributed by atoms with E-state index in [0.29, 0.717) is 6.10 Å². The molecule has 0 saturated carbocycles. The van der Waals surface area contributed by atoms with Crippen LogP contribution in [0.25, 0.3) is 0 Å². The van der Waals surface area contributed by atoms with Crippen molar-refractivity contribution in [3.63, 3.8) is 0 Å². The first-order valence-electron chi connectivity index (χ1n) is 5.53. The van der Waals surface area contributed by atoms with Crippen LogP contribution in [0.1, 0.15) is 12.0 Å². The Morgan fingerprint density at radius 1 is 1.50 bits per heavy atom. The molecule has 0 aliphatic carbocycles. The van der Waals surface area contributed by atoms with Crippen LogP contribution in [0.4, 0.5) is 5.69 Å². The van der Waals surface area contributed by atoms with Crippen molar-refractivity contribution in [2.75, 3.05) is 25.6 Å². The fraction of sp³-hybridized carbons (Fsp3) is 0.500. The third kappa shape index (κ3) is 3.40. The summed E-state index contributed by atoms with van der Waals surface area (Å²) >= 11 is 4.29. The summed E-state index contributed by atoms with van der Waals surface area (Å²) in [6.45, 7) is 2.34. The molecule has 0 radical (unpaired) electrons. The van der Waals surface area contributed by atoms with Gasteiger partial charge in [0.15, 0.2) is 0 Å². The van der Waals surface area contributed by atoms with Gasteiger partial charge in [0, 0.05) is 17.2 Å². The van der Waals surface area contributed by atoms with E-state index in [1.807, 2.05) is 18.2 Å². The van der Waals surface area contributed by atoms with Crippen molar-refractivity contribution in [3.05, 3.63) is 23.8 Å². The van der Waals surface area contributed by atoms with Crippen LogP contribution in [0, 0.1) is 0 Å². The third-order valence-electron chi connectivity index (χ3n) is 2.61. The molecule has 0 spiro atoms. The first-order chi connectivity index (χ1) is 7.77. The minimum Gasteiger partial charge on any atom is -0.398 e. The van der Waals surface area contributed by atoms with Gasteiger partial charge in [0.1, 0.15) is 6.10 Å². The first kappa shape index (κ1) is 11.8. The summed E-state index contributed by atoms with van der Waals surface area (Å²) < 4.78 is 10.5. The number of nitrogen functional groups attached to an aromatic ring is 1. The monoisotopic (exact) mass is 239 g/mol. The number of thiol groups is 1. The predicted molar refractivity (Wildman–Crippen MR) is 67.0 cm³/mol. The highest BCUT2D eigenvalue weighted by molar-refractivity contribution is 7.80. The van der Waals surface area contributed by atoms with Crippen molar-refractivity contribution in [2.24, 2.45) is 0 Å². The maximum atomic E-state index is 5.92. The Kier molecular flexibility index (Phi) is 4.09. The van der Waals surface area contributed by atoms with Gasteiger partial charge in [-0.25, -0.2) is 0 Å². The average molecular weight is 239 g/mol. The number of aryl methyl sites for hydroxylation is 1. The zero-order chi connectivity index (χ0) is 11.4. The van der Waals surface area contributed by atoms with Gasteiger partial charge in [-0.2, -0.15) is 0 Å². The van der Waals surface area contributed by atoms with Crippen molar-refractivity contribution in [3.8, 4) is 0 Å². The molecule has 0 aromatic heterocycles. The number of anilines is 1. The summed E-state index contributed by atoms with van der Waals surface area (Å²) in [5.74, 6) is 0. The number of hydrogen-bond donors (Lipinski definition) is 2. The molecule has 1 unspecified atom stereocenters. The molecular formula is C12H17NO2S. The number of benzene rings is 1. The van der Waals surface area contributed by atoms with Gasteiger partial charge < -0.3 is 15.2 Å². The van der Waals surface area contributed by atoms with Gasteiger partial charge in [0.2, 0.25) is 0 Å². The van der Waals surface area contributed by atoms with E-state index in [2.05, 4.69) is 12.6 Å². The predicted octanol–water partition coefficient (Wildman–Crippen LogP) is 1.91. The van der Waals surface area contributed by atoms with Crippen LogP contribution in [-0.4, -0.2) is 25.9 Å². The molecule has 1 heterocycles. The second kappa shape index (κ2) is 5.57. The molecule has 1 aromatic carbocycles. The summed E-state index contributed by atoms with van der Waals surface area (Å²) in [5, 5.41) is 0. The van der Waals surface area contributed by atoms with Crippen molar-refractivity contribution >= 4 is 18.3 Å². The lowest BCUT2D eigenvalue weighted by molar-refractivity contribution is 0.114. The molecule has 88 valence electrons. The van der Waals surface area contributed by atoms with Crippen LogP contribution < -0.4 is 5.73 Å². The maximum absolute atomic E-state index is 5.92. The average Bonchev–Trinajstić information content (AvgIpc) is 3.07. The molecule has 1 atom stereocenters. The Morgan fingerprint density at radius 3 is 3.06 bits per heavy atom. The molecule has 0 amide bonds. The second-order valence-corrected chi connectivity index (χ2v) is 4.47. The molecule has 1 aliphatic rings.